The molecule has 0 atom stereocenters. The Bertz CT molecular complexity index is 880. The Morgan fingerprint density at radius 2 is 2.00 bits per heavy atom. The molecule has 0 unspecified atom stereocenters. The third-order valence-corrected chi connectivity index (χ3v) is 4.61. The van der Waals surface area contributed by atoms with Crippen molar-refractivity contribution in [2.24, 2.45) is 13.0 Å². The Morgan fingerprint density at radius 1 is 1.32 bits per heavy atom. The summed E-state index contributed by atoms with van der Waals surface area (Å²) in [7, 11) is 1.66. The summed E-state index contributed by atoms with van der Waals surface area (Å²) in [6, 6.07) is 0. The van der Waals surface area contributed by atoms with Crippen LogP contribution in [0.4, 0.5) is 0 Å². The molecule has 6 nitrogen and oxygen atoms in total. The molecular weight excluding hydrogens is 348 g/mol. The lowest BCUT2D eigenvalue weighted by molar-refractivity contribution is 0.557. The molecule has 2 heterocycles. The molecule has 2 aromatic heterocycles. The lowest BCUT2D eigenvalue weighted by Crippen LogP contribution is -2.40. The molecule has 118 valence electrons. The fourth-order valence-corrected chi connectivity index (χ4v) is 3.00. The quantitative estimate of drug-likeness (QED) is 0.614. The molecule has 0 aliphatic heterocycles. The Kier molecular flexibility index (Phi) is 3.84. The van der Waals surface area contributed by atoms with Crippen molar-refractivity contribution in [2.75, 3.05) is 0 Å². The minimum absolute atomic E-state index is 0.245. The van der Waals surface area contributed by atoms with Crippen molar-refractivity contribution in [3.63, 3.8) is 0 Å². The summed E-state index contributed by atoms with van der Waals surface area (Å²) in [5.74, 6) is 0.459. The predicted octanol–water partition coefficient (Wildman–Crippen LogP) is 2.04. The summed E-state index contributed by atoms with van der Waals surface area (Å²) in [5, 5.41) is 0. The molecule has 1 aliphatic rings. The maximum Gasteiger partial charge on any atom is 0.332 e. The highest BCUT2D eigenvalue weighted by Gasteiger charge is 2.25. The number of fused-ring (bicyclic) bond motifs is 1. The van der Waals surface area contributed by atoms with Crippen LogP contribution in [0.3, 0.4) is 0 Å². The van der Waals surface area contributed by atoms with E-state index in [1.807, 2.05) is 24.5 Å². The van der Waals surface area contributed by atoms with Gasteiger partial charge >= 0.3 is 5.69 Å². The number of hydrogen-bond donors (Lipinski definition) is 0. The van der Waals surface area contributed by atoms with Gasteiger partial charge in [-0.25, -0.2) is 9.78 Å². The number of allylic oxidation sites excluding steroid dienone is 2. The fourth-order valence-electron chi connectivity index (χ4n) is 2.51. The number of imidazole rings is 1. The molecule has 0 saturated heterocycles. The van der Waals surface area contributed by atoms with Crippen LogP contribution in [-0.2, 0) is 20.1 Å². The molecular formula is C15H19BrN4O2. The lowest BCUT2D eigenvalue weighted by Gasteiger charge is -2.08. The van der Waals surface area contributed by atoms with E-state index in [4.69, 9.17) is 0 Å². The summed E-state index contributed by atoms with van der Waals surface area (Å²) in [6.07, 6.45) is 4.21. The zero-order chi connectivity index (χ0) is 16.0. The van der Waals surface area contributed by atoms with Gasteiger partial charge in [-0.15, -0.1) is 0 Å². The first-order chi connectivity index (χ1) is 10.4. The van der Waals surface area contributed by atoms with E-state index in [2.05, 4.69) is 20.9 Å². The van der Waals surface area contributed by atoms with E-state index in [1.54, 1.807) is 7.05 Å². The maximum absolute atomic E-state index is 12.8. The van der Waals surface area contributed by atoms with Crippen molar-refractivity contribution in [1.29, 1.82) is 0 Å². The molecule has 1 saturated carbocycles. The zero-order valence-electron chi connectivity index (χ0n) is 13.0. The summed E-state index contributed by atoms with van der Waals surface area (Å²) in [4.78, 5) is 29.5. The molecule has 0 aromatic carbocycles. The van der Waals surface area contributed by atoms with E-state index in [0.29, 0.717) is 34.9 Å². The predicted molar refractivity (Wildman–Crippen MR) is 89.1 cm³/mol. The van der Waals surface area contributed by atoms with E-state index in [9.17, 15) is 9.59 Å². The molecule has 0 amide bonds. The molecule has 0 bridgehead atoms. The summed E-state index contributed by atoms with van der Waals surface area (Å²) >= 11 is 3.40. The van der Waals surface area contributed by atoms with Gasteiger partial charge in [-0.1, -0.05) is 11.6 Å². The average molecular weight is 367 g/mol. The van der Waals surface area contributed by atoms with Crippen LogP contribution < -0.4 is 11.2 Å². The smallest absolute Gasteiger partial charge is 0.309 e. The second kappa shape index (κ2) is 5.53. The van der Waals surface area contributed by atoms with Gasteiger partial charge in [-0.2, -0.15) is 0 Å². The molecule has 0 spiro atoms. The van der Waals surface area contributed by atoms with Crippen LogP contribution in [0.1, 0.15) is 26.7 Å². The van der Waals surface area contributed by atoms with Gasteiger partial charge in [0.1, 0.15) is 0 Å². The standard InChI is InChI=1S/C15H19BrN4O2/c1-9(2)6-7-19-11-12(17-14(19)16)18(3)15(22)20(13(11)21)8-10-4-5-10/h6,10H,4-5,7-8H2,1-3H3. The minimum atomic E-state index is -0.288. The normalized spacial score (nSPS) is 14.5. The molecule has 22 heavy (non-hydrogen) atoms. The zero-order valence-corrected chi connectivity index (χ0v) is 14.6. The first kappa shape index (κ1) is 15.3. The van der Waals surface area contributed by atoms with Gasteiger partial charge in [0.25, 0.3) is 5.56 Å². The van der Waals surface area contributed by atoms with E-state index in [0.717, 1.165) is 18.4 Å². The van der Waals surface area contributed by atoms with Gasteiger partial charge in [0, 0.05) is 20.1 Å². The Balaban J connectivity index is 2.26. The van der Waals surface area contributed by atoms with Crippen LogP contribution >= 0.6 is 15.9 Å². The molecule has 2 aromatic rings. The number of halogens is 1. The van der Waals surface area contributed by atoms with Crippen molar-refractivity contribution in [1.82, 2.24) is 18.7 Å². The molecule has 7 heteroatoms. The Hall–Kier alpha value is -1.63. The van der Waals surface area contributed by atoms with Crippen LogP contribution in [0.25, 0.3) is 11.2 Å². The second-order valence-electron chi connectivity index (χ2n) is 6.15. The first-order valence-electron chi connectivity index (χ1n) is 7.39. The van der Waals surface area contributed by atoms with Gasteiger partial charge in [0.05, 0.1) is 0 Å². The average Bonchev–Trinajstić information content (AvgIpc) is 3.21. The minimum Gasteiger partial charge on any atom is -0.309 e. The van der Waals surface area contributed by atoms with E-state index in [-0.39, 0.29) is 11.2 Å². The number of rotatable bonds is 4. The van der Waals surface area contributed by atoms with Crippen LogP contribution in [0.2, 0.25) is 0 Å². The highest BCUT2D eigenvalue weighted by molar-refractivity contribution is 9.10. The van der Waals surface area contributed by atoms with Crippen LogP contribution in [0, 0.1) is 5.92 Å². The van der Waals surface area contributed by atoms with Crippen molar-refractivity contribution < 1.29 is 0 Å². The topological polar surface area (TPSA) is 61.8 Å². The van der Waals surface area contributed by atoms with E-state index >= 15 is 0 Å². The monoisotopic (exact) mass is 366 g/mol. The molecule has 1 aliphatic carbocycles. The fraction of sp³-hybridized carbons (Fsp3) is 0.533. The SMILES string of the molecule is CC(C)=CCn1c(Br)nc2c1c(=O)n(CC1CC1)c(=O)n2C. The first-order valence-corrected chi connectivity index (χ1v) is 8.18. The molecule has 0 radical (unpaired) electrons. The maximum atomic E-state index is 12.8. The number of hydrogen-bond acceptors (Lipinski definition) is 3. The van der Waals surface area contributed by atoms with Crippen molar-refractivity contribution in [2.45, 2.75) is 39.8 Å². The molecule has 1 fully saturated rings. The number of aryl methyl sites for hydroxylation is 1. The third-order valence-electron chi connectivity index (χ3n) is 4.01. The van der Waals surface area contributed by atoms with Crippen molar-refractivity contribution in [3.05, 3.63) is 37.2 Å². The largest absolute Gasteiger partial charge is 0.332 e. The number of nitrogens with zero attached hydrogens (tertiary/aromatic N) is 4. The van der Waals surface area contributed by atoms with Gasteiger partial charge in [-0.05, 0) is 48.5 Å². The van der Waals surface area contributed by atoms with E-state index < -0.39 is 0 Å². The van der Waals surface area contributed by atoms with Gasteiger partial charge in [-0.3, -0.25) is 13.9 Å². The number of aromatic nitrogens is 4. The highest BCUT2D eigenvalue weighted by Crippen LogP contribution is 2.29. The molecule has 3 rings (SSSR count). The van der Waals surface area contributed by atoms with Gasteiger partial charge in [0.2, 0.25) is 0 Å². The molecule has 0 N–H and O–H groups in total. The third kappa shape index (κ3) is 2.58. The summed E-state index contributed by atoms with van der Waals surface area (Å²) < 4.78 is 5.19. The second-order valence-corrected chi connectivity index (χ2v) is 6.86. The lowest BCUT2D eigenvalue weighted by atomic mass is 10.3. The van der Waals surface area contributed by atoms with Crippen LogP contribution in [0.5, 0.6) is 0 Å². The highest BCUT2D eigenvalue weighted by atomic mass is 79.9. The Morgan fingerprint density at radius 3 is 2.59 bits per heavy atom. The Labute approximate surface area is 136 Å². The van der Waals surface area contributed by atoms with Crippen LogP contribution in [0.15, 0.2) is 26.0 Å². The summed E-state index contributed by atoms with van der Waals surface area (Å²) in [5.41, 5.74) is 1.54. The summed E-state index contributed by atoms with van der Waals surface area (Å²) in [6.45, 7) is 5.07. The van der Waals surface area contributed by atoms with Gasteiger partial charge < -0.3 is 4.57 Å². The van der Waals surface area contributed by atoms with Crippen molar-refractivity contribution in [3.8, 4) is 0 Å². The van der Waals surface area contributed by atoms with Gasteiger partial charge in [0.15, 0.2) is 15.9 Å². The van der Waals surface area contributed by atoms with Crippen molar-refractivity contribution >= 4 is 27.1 Å². The van der Waals surface area contributed by atoms with Crippen LogP contribution in [-0.4, -0.2) is 18.7 Å². The van der Waals surface area contributed by atoms with E-state index in [1.165, 1.54) is 9.13 Å².